The standard InChI is InChI=1S/C30H32ClN5O4/c31-26-15-32-30(33-24-7-11-40-12-8-24)34-28(26)22-3-4-23-16-36(29(39)25(23)14-22)17-27(38)35-9-5-20-2-1-19(18-37)13-21(20)6-10-35/h1-4,13-15,24,37H,5-12,16-18H2,(H,32,33,34). The van der Waals surface area contributed by atoms with Crippen LogP contribution >= 0.6 is 11.6 Å². The Balaban J connectivity index is 1.13. The number of ether oxygens (including phenoxy) is 1. The van der Waals surface area contributed by atoms with Gasteiger partial charge >= 0.3 is 0 Å². The van der Waals surface area contributed by atoms with E-state index in [2.05, 4.69) is 15.3 Å². The van der Waals surface area contributed by atoms with Gasteiger partial charge in [0.05, 0.1) is 23.5 Å². The van der Waals surface area contributed by atoms with Crippen LogP contribution in [-0.2, 0) is 35.5 Å². The first-order chi connectivity index (χ1) is 19.5. The van der Waals surface area contributed by atoms with Crippen LogP contribution in [0.4, 0.5) is 5.95 Å². The number of aromatic nitrogens is 2. The summed E-state index contributed by atoms with van der Waals surface area (Å²) in [7, 11) is 0. The van der Waals surface area contributed by atoms with Gasteiger partial charge in [-0.1, -0.05) is 41.9 Å². The Labute approximate surface area is 238 Å². The molecular weight excluding hydrogens is 530 g/mol. The third kappa shape index (κ3) is 5.54. The van der Waals surface area contributed by atoms with Crippen molar-refractivity contribution in [3.63, 3.8) is 0 Å². The molecule has 0 bridgehead atoms. The number of carbonyl (C=O) groups excluding carboxylic acids is 2. The highest BCUT2D eigenvalue weighted by Gasteiger charge is 2.31. The summed E-state index contributed by atoms with van der Waals surface area (Å²) >= 11 is 6.48. The number of hydrogen-bond donors (Lipinski definition) is 2. The number of benzene rings is 2. The fourth-order valence-electron chi connectivity index (χ4n) is 5.69. The Morgan fingerprint density at radius 2 is 1.85 bits per heavy atom. The zero-order valence-electron chi connectivity index (χ0n) is 22.2. The average Bonchev–Trinajstić information content (AvgIpc) is 3.14. The summed E-state index contributed by atoms with van der Waals surface area (Å²) in [6.45, 7) is 3.06. The Hall–Kier alpha value is -3.53. The van der Waals surface area contributed by atoms with Crippen LogP contribution in [-0.4, -0.2) is 75.6 Å². The average molecular weight is 562 g/mol. The summed E-state index contributed by atoms with van der Waals surface area (Å²) in [5, 5.41) is 13.2. The zero-order chi connectivity index (χ0) is 27.6. The fourth-order valence-corrected chi connectivity index (χ4v) is 5.89. The third-order valence-electron chi connectivity index (χ3n) is 7.99. The number of amides is 2. The van der Waals surface area contributed by atoms with Crippen LogP contribution < -0.4 is 5.32 Å². The van der Waals surface area contributed by atoms with E-state index in [1.807, 2.05) is 41.3 Å². The molecule has 0 atom stereocenters. The number of fused-ring (bicyclic) bond motifs is 2. The normalized spacial score (nSPS) is 17.4. The number of aliphatic hydroxyl groups is 1. The lowest BCUT2D eigenvalue weighted by molar-refractivity contribution is -0.131. The van der Waals surface area contributed by atoms with E-state index in [0.29, 0.717) is 55.1 Å². The SMILES string of the molecule is O=C(CN1Cc2ccc(-c3nc(NC4CCOCC4)ncc3Cl)cc2C1=O)N1CCc2ccc(CO)cc2CC1. The number of aliphatic hydroxyl groups excluding tert-OH is 1. The number of nitrogens with one attached hydrogen (secondary N) is 1. The van der Waals surface area contributed by atoms with Gasteiger partial charge < -0.3 is 25.0 Å². The smallest absolute Gasteiger partial charge is 0.254 e. The van der Waals surface area contributed by atoms with E-state index in [1.165, 1.54) is 11.1 Å². The quantitative estimate of drug-likeness (QED) is 0.474. The molecular formula is C30H32ClN5O4. The van der Waals surface area contributed by atoms with Crippen molar-refractivity contribution in [3.05, 3.63) is 75.4 Å². The maximum Gasteiger partial charge on any atom is 0.254 e. The van der Waals surface area contributed by atoms with Crippen molar-refractivity contribution in [1.82, 2.24) is 19.8 Å². The van der Waals surface area contributed by atoms with Crippen LogP contribution in [0.3, 0.4) is 0 Å². The van der Waals surface area contributed by atoms with E-state index >= 15 is 0 Å². The Bertz CT molecular complexity index is 1440. The molecule has 2 aromatic carbocycles. The Morgan fingerprint density at radius 3 is 2.65 bits per heavy atom. The minimum Gasteiger partial charge on any atom is -0.392 e. The van der Waals surface area contributed by atoms with Crippen molar-refractivity contribution in [2.75, 3.05) is 38.2 Å². The van der Waals surface area contributed by atoms with Gasteiger partial charge in [-0.05, 0) is 54.0 Å². The van der Waals surface area contributed by atoms with Crippen molar-refractivity contribution in [2.24, 2.45) is 0 Å². The molecule has 1 fully saturated rings. The molecule has 6 rings (SSSR count). The largest absolute Gasteiger partial charge is 0.392 e. The highest BCUT2D eigenvalue weighted by molar-refractivity contribution is 6.33. The Kier molecular flexibility index (Phi) is 7.69. The number of nitrogens with zero attached hydrogens (tertiary/aromatic N) is 4. The summed E-state index contributed by atoms with van der Waals surface area (Å²) < 4.78 is 5.43. The highest BCUT2D eigenvalue weighted by atomic mass is 35.5. The highest BCUT2D eigenvalue weighted by Crippen LogP contribution is 2.32. The van der Waals surface area contributed by atoms with Crippen molar-refractivity contribution in [2.45, 2.75) is 44.9 Å². The molecule has 1 saturated heterocycles. The maximum absolute atomic E-state index is 13.4. The van der Waals surface area contributed by atoms with E-state index in [0.717, 1.165) is 42.4 Å². The van der Waals surface area contributed by atoms with E-state index < -0.39 is 0 Å². The molecule has 208 valence electrons. The van der Waals surface area contributed by atoms with Gasteiger partial charge in [0.1, 0.15) is 6.54 Å². The molecule has 0 saturated carbocycles. The summed E-state index contributed by atoms with van der Waals surface area (Å²) in [4.78, 5) is 39.1. The number of halogens is 1. The predicted octanol–water partition coefficient (Wildman–Crippen LogP) is 3.46. The molecule has 0 spiro atoms. The van der Waals surface area contributed by atoms with Gasteiger partial charge in [-0.25, -0.2) is 9.97 Å². The molecule has 0 radical (unpaired) electrons. The predicted molar refractivity (Wildman–Crippen MR) is 151 cm³/mol. The molecule has 4 heterocycles. The molecule has 3 aliphatic heterocycles. The van der Waals surface area contributed by atoms with Crippen molar-refractivity contribution in [1.29, 1.82) is 0 Å². The molecule has 10 heteroatoms. The minimum atomic E-state index is -0.165. The van der Waals surface area contributed by atoms with Crippen LogP contribution in [0.25, 0.3) is 11.3 Å². The minimum absolute atomic E-state index is 0.00699. The van der Waals surface area contributed by atoms with Crippen molar-refractivity contribution in [3.8, 4) is 11.3 Å². The number of hydrogen-bond acceptors (Lipinski definition) is 7. The summed E-state index contributed by atoms with van der Waals surface area (Å²) in [6.07, 6.45) is 4.85. The molecule has 9 nitrogen and oxygen atoms in total. The number of anilines is 1. The second-order valence-corrected chi connectivity index (χ2v) is 11.0. The van der Waals surface area contributed by atoms with Crippen LogP contribution in [0.1, 0.15) is 45.5 Å². The number of carbonyl (C=O) groups is 2. The van der Waals surface area contributed by atoms with E-state index in [1.54, 1.807) is 11.1 Å². The van der Waals surface area contributed by atoms with E-state index in [4.69, 9.17) is 16.3 Å². The maximum atomic E-state index is 13.4. The molecule has 0 unspecified atom stereocenters. The van der Waals surface area contributed by atoms with Gasteiger partial charge in [-0.3, -0.25) is 9.59 Å². The van der Waals surface area contributed by atoms with Crippen LogP contribution in [0.5, 0.6) is 0 Å². The molecule has 3 aliphatic rings. The first-order valence-electron chi connectivity index (χ1n) is 13.8. The lowest BCUT2D eigenvalue weighted by atomic mass is 10.0. The van der Waals surface area contributed by atoms with Gasteiger partial charge in [0.25, 0.3) is 5.91 Å². The summed E-state index contributed by atoms with van der Waals surface area (Å²) in [5.41, 5.74) is 6.01. The first kappa shape index (κ1) is 26.7. The number of rotatable bonds is 6. The van der Waals surface area contributed by atoms with E-state index in [9.17, 15) is 14.7 Å². The summed E-state index contributed by atoms with van der Waals surface area (Å²) in [6, 6.07) is 11.9. The van der Waals surface area contributed by atoms with Crippen molar-refractivity contribution >= 4 is 29.4 Å². The lowest BCUT2D eigenvalue weighted by Gasteiger charge is -2.23. The lowest BCUT2D eigenvalue weighted by Crippen LogP contribution is -2.41. The van der Waals surface area contributed by atoms with Crippen LogP contribution in [0.2, 0.25) is 5.02 Å². The zero-order valence-corrected chi connectivity index (χ0v) is 23.0. The van der Waals surface area contributed by atoms with Crippen molar-refractivity contribution < 1.29 is 19.4 Å². The van der Waals surface area contributed by atoms with Gasteiger partial charge in [0, 0.05) is 50.0 Å². The second-order valence-electron chi connectivity index (χ2n) is 10.6. The molecule has 2 amide bonds. The summed E-state index contributed by atoms with van der Waals surface area (Å²) in [5.74, 6) is 0.276. The van der Waals surface area contributed by atoms with Gasteiger partial charge in [0.15, 0.2) is 0 Å². The van der Waals surface area contributed by atoms with Gasteiger partial charge in [-0.15, -0.1) is 0 Å². The molecule has 0 aliphatic carbocycles. The first-order valence-corrected chi connectivity index (χ1v) is 14.1. The molecule has 2 N–H and O–H groups in total. The fraction of sp³-hybridized carbons (Fsp3) is 0.400. The van der Waals surface area contributed by atoms with Crippen LogP contribution in [0, 0.1) is 0 Å². The second kappa shape index (κ2) is 11.5. The third-order valence-corrected chi connectivity index (χ3v) is 8.27. The van der Waals surface area contributed by atoms with Gasteiger partial charge in [-0.2, -0.15) is 0 Å². The topological polar surface area (TPSA) is 108 Å². The molecule has 1 aromatic heterocycles. The van der Waals surface area contributed by atoms with E-state index in [-0.39, 0.29) is 31.0 Å². The molecule has 40 heavy (non-hydrogen) atoms. The monoisotopic (exact) mass is 561 g/mol. The van der Waals surface area contributed by atoms with Crippen LogP contribution in [0.15, 0.2) is 42.6 Å². The Morgan fingerprint density at radius 1 is 1.07 bits per heavy atom. The molecule has 3 aromatic rings. The van der Waals surface area contributed by atoms with Gasteiger partial charge in [0.2, 0.25) is 11.9 Å².